The lowest BCUT2D eigenvalue weighted by atomic mass is 10.0. The number of nitrogens with zero attached hydrogens (tertiary/aromatic N) is 2. The fraction of sp³-hybridized carbons (Fsp3) is 0.533. The van der Waals surface area contributed by atoms with Gasteiger partial charge in [0.1, 0.15) is 11.5 Å². The molecule has 0 amide bonds. The molecule has 1 N–H and O–H groups in total. The maximum atomic E-state index is 5.70. The van der Waals surface area contributed by atoms with Crippen molar-refractivity contribution in [1.29, 1.82) is 0 Å². The summed E-state index contributed by atoms with van der Waals surface area (Å²) in [7, 11) is 0. The Bertz CT molecular complexity index is 586. The van der Waals surface area contributed by atoms with Gasteiger partial charge in [-0.05, 0) is 56.2 Å². The van der Waals surface area contributed by atoms with Gasteiger partial charge in [0.2, 0.25) is 0 Å². The van der Waals surface area contributed by atoms with Crippen LogP contribution in [0.5, 0.6) is 0 Å². The molecule has 0 aliphatic rings. The Labute approximate surface area is 128 Å². The van der Waals surface area contributed by atoms with Crippen LogP contribution in [0.3, 0.4) is 0 Å². The van der Waals surface area contributed by atoms with Crippen LogP contribution in [0.15, 0.2) is 21.2 Å². The van der Waals surface area contributed by atoms with Crippen molar-refractivity contribution >= 4 is 15.9 Å². The first kappa shape index (κ1) is 15.3. The van der Waals surface area contributed by atoms with Gasteiger partial charge >= 0.3 is 0 Å². The first-order valence-corrected chi connectivity index (χ1v) is 7.78. The Balaban J connectivity index is 2.54. The minimum Gasteiger partial charge on any atom is -0.466 e. The van der Waals surface area contributed by atoms with Gasteiger partial charge in [0.25, 0.3) is 0 Å². The molecule has 2 rings (SSSR count). The zero-order valence-electron chi connectivity index (χ0n) is 12.7. The highest BCUT2D eigenvalue weighted by atomic mass is 79.9. The molecule has 0 saturated carbocycles. The zero-order chi connectivity index (χ0) is 14.9. The van der Waals surface area contributed by atoms with E-state index in [1.807, 2.05) is 20.0 Å². The number of hydrogen-bond acceptors (Lipinski definition) is 3. The second kappa shape index (κ2) is 6.14. The third-order valence-corrected chi connectivity index (χ3v) is 3.96. The number of nitrogens with one attached hydrogen (secondary N) is 1. The number of halogens is 1. The van der Waals surface area contributed by atoms with Crippen molar-refractivity contribution in [3.63, 3.8) is 0 Å². The van der Waals surface area contributed by atoms with Gasteiger partial charge in [0, 0.05) is 11.6 Å². The maximum absolute atomic E-state index is 5.70. The SMILES string of the molecule is CCNC(c1cc(C)oc1C)c1c(Br)cnn1C(C)C. The van der Waals surface area contributed by atoms with Gasteiger partial charge in [-0.25, -0.2) is 0 Å². The fourth-order valence-electron chi connectivity index (χ4n) is 2.53. The van der Waals surface area contributed by atoms with E-state index in [9.17, 15) is 0 Å². The highest BCUT2D eigenvalue weighted by molar-refractivity contribution is 9.10. The van der Waals surface area contributed by atoms with Crippen LogP contribution in [0.1, 0.15) is 55.6 Å². The lowest BCUT2D eigenvalue weighted by Crippen LogP contribution is -2.26. The van der Waals surface area contributed by atoms with Crippen molar-refractivity contribution < 1.29 is 4.42 Å². The molecular formula is C15H22BrN3O. The standard InChI is InChI=1S/C15H22BrN3O/c1-6-17-14(12-7-10(4)20-11(12)5)15-13(16)8-18-19(15)9(2)3/h7-9,14,17H,6H2,1-5H3. The van der Waals surface area contributed by atoms with E-state index in [0.29, 0.717) is 6.04 Å². The van der Waals surface area contributed by atoms with Crippen LogP contribution in [-0.4, -0.2) is 16.3 Å². The van der Waals surface area contributed by atoms with E-state index in [0.717, 1.165) is 28.2 Å². The molecule has 0 aliphatic carbocycles. The number of aryl methyl sites for hydroxylation is 2. The molecule has 0 saturated heterocycles. The van der Waals surface area contributed by atoms with Gasteiger partial charge in [-0.2, -0.15) is 5.10 Å². The first-order valence-electron chi connectivity index (χ1n) is 6.98. The molecule has 2 aromatic heterocycles. The average molecular weight is 340 g/mol. The van der Waals surface area contributed by atoms with Gasteiger partial charge in [-0.15, -0.1) is 0 Å². The van der Waals surface area contributed by atoms with E-state index in [1.165, 1.54) is 5.56 Å². The molecule has 0 aliphatic heterocycles. The van der Waals surface area contributed by atoms with E-state index >= 15 is 0 Å². The highest BCUT2D eigenvalue weighted by Crippen LogP contribution is 2.33. The lowest BCUT2D eigenvalue weighted by molar-refractivity contribution is 0.464. The monoisotopic (exact) mass is 339 g/mol. The van der Waals surface area contributed by atoms with Crippen molar-refractivity contribution in [3.05, 3.63) is 39.5 Å². The van der Waals surface area contributed by atoms with Crippen LogP contribution in [0.4, 0.5) is 0 Å². The van der Waals surface area contributed by atoms with Gasteiger partial charge in [-0.1, -0.05) is 6.92 Å². The number of aromatic nitrogens is 2. The predicted octanol–water partition coefficient (Wildman–Crippen LogP) is 4.14. The Hall–Kier alpha value is -1.07. The molecule has 0 bridgehead atoms. The molecule has 20 heavy (non-hydrogen) atoms. The summed E-state index contributed by atoms with van der Waals surface area (Å²) in [5, 5.41) is 8.02. The Kier molecular flexibility index (Phi) is 4.70. The fourth-order valence-corrected chi connectivity index (χ4v) is 3.03. The molecule has 2 aromatic rings. The van der Waals surface area contributed by atoms with E-state index < -0.39 is 0 Å². The summed E-state index contributed by atoms with van der Waals surface area (Å²) < 4.78 is 8.77. The van der Waals surface area contributed by atoms with Crippen LogP contribution in [0.2, 0.25) is 0 Å². The van der Waals surface area contributed by atoms with Gasteiger partial charge in [-0.3, -0.25) is 4.68 Å². The molecule has 0 aromatic carbocycles. The molecule has 4 nitrogen and oxygen atoms in total. The van der Waals surface area contributed by atoms with Crippen LogP contribution in [0.25, 0.3) is 0 Å². The summed E-state index contributed by atoms with van der Waals surface area (Å²) in [6.07, 6.45) is 1.86. The Morgan fingerprint density at radius 1 is 1.40 bits per heavy atom. The van der Waals surface area contributed by atoms with Gasteiger partial charge in [0.15, 0.2) is 0 Å². The van der Waals surface area contributed by atoms with Crippen molar-refractivity contribution in [1.82, 2.24) is 15.1 Å². The molecule has 0 spiro atoms. The third-order valence-electron chi connectivity index (χ3n) is 3.35. The molecule has 110 valence electrons. The largest absolute Gasteiger partial charge is 0.466 e. The van der Waals surface area contributed by atoms with E-state index in [2.05, 4.69) is 57.9 Å². The summed E-state index contributed by atoms with van der Waals surface area (Å²) >= 11 is 3.63. The van der Waals surface area contributed by atoms with Crippen molar-refractivity contribution in [2.45, 2.75) is 46.7 Å². The van der Waals surface area contributed by atoms with E-state index in [-0.39, 0.29) is 6.04 Å². The minimum atomic E-state index is 0.0803. The van der Waals surface area contributed by atoms with Gasteiger partial charge < -0.3 is 9.73 Å². The van der Waals surface area contributed by atoms with Crippen LogP contribution in [0, 0.1) is 13.8 Å². The molecule has 1 atom stereocenters. The molecule has 2 heterocycles. The van der Waals surface area contributed by atoms with Crippen molar-refractivity contribution in [3.8, 4) is 0 Å². The summed E-state index contributed by atoms with van der Waals surface area (Å²) in [6.45, 7) is 11.3. The number of hydrogen-bond donors (Lipinski definition) is 1. The first-order chi connectivity index (χ1) is 9.45. The third kappa shape index (κ3) is 2.83. The molecule has 0 radical (unpaired) electrons. The Morgan fingerprint density at radius 3 is 2.60 bits per heavy atom. The smallest absolute Gasteiger partial charge is 0.106 e. The Morgan fingerprint density at radius 2 is 2.10 bits per heavy atom. The summed E-state index contributed by atoms with van der Waals surface area (Å²) in [5.74, 6) is 1.89. The van der Waals surface area contributed by atoms with Gasteiger partial charge in [0.05, 0.1) is 22.4 Å². The zero-order valence-corrected chi connectivity index (χ0v) is 14.3. The highest BCUT2D eigenvalue weighted by Gasteiger charge is 2.25. The van der Waals surface area contributed by atoms with Crippen molar-refractivity contribution in [2.75, 3.05) is 6.54 Å². The quantitative estimate of drug-likeness (QED) is 0.890. The lowest BCUT2D eigenvalue weighted by Gasteiger charge is -2.21. The summed E-state index contributed by atoms with van der Waals surface area (Å²) in [6, 6.07) is 2.50. The summed E-state index contributed by atoms with van der Waals surface area (Å²) in [5.41, 5.74) is 2.32. The van der Waals surface area contributed by atoms with E-state index in [4.69, 9.17) is 4.42 Å². The molecule has 0 fully saturated rings. The molecule has 5 heteroatoms. The van der Waals surface area contributed by atoms with E-state index in [1.54, 1.807) is 0 Å². The second-order valence-electron chi connectivity index (χ2n) is 5.28. The number of rotatable bonds is 5. The summed E-state index contributed by atoms with van der Waals surface area (Å²) in [4.78, 5) is 0. The topological polar surface area (TPSA) is 43.0 Å². The average Bonchev–Trinajstić information content (AvgIpc) is 2.90. The molecule has 1 unspecified atom stereocenters. The van der Waals surface area contributed by atoms with Crippen molar-refractivity contribution in [2.24, 2.45) is 0 Å². The normalized spacial score (nSPS) is 13.2. The van der Waals surface area contributed by atoms with Crippen LogP contribution in [-0.2, 0) is 0 Å². The number of furan rings is 1. The van der Waals surface area contributed by atoms with Crippen LogP contribution >= 0.6 is 15.9 Å². The molecular weight excluding hydrogens is 318 g/mol. The maximum Gasteiger partial charge on any atom is 0.106 e. The predicted molar refractivity (Wildman–Crippen MR) is 84.0 cm³/mol. The van der Waals surface area contributed by atoms with Crippen LogP contribution < -0.4 is 5.32 Å². The second-order valence-corrected chi connectivity index (χ2v) is 6.13. The minimum absolute atomic E-state index is 0.0803.